The molecule has 1 amide bonds. The van der Waals surface area contributed by atoms with Gasteiger partial charge in [-0.3, -0.25) is 15.0 Å². The molecule has 0 spiro atoms. The van der Waals surface area contributed by atoms with Gasteiger partial charge in [0.25, 0.3) is 0 Å². The maximum atomic E-state index is 13.4. The number of fused-ring (bicyclic) bond motifs is 1. The molecular formula is C22H31N3O3. The Hall–Kier alpha value is -1.92. The molecule has 5 unspecified atom stereocenters. The second kappa shape index (κ2) is 7.84. The van der Waals surface area contributed by atoms with Crippen molar-refractivity contribution in [2.45, 2.75) is 57.5 Å². The molecule has 3 fully saturated rings. The van der Waals surface area contributed by atoms with Crippen molar-refractivity contribution in [2.24, 2.45) is 17.3 Å². The molecule has 2 saturated heterocycles. The number of hydrazine groups is 1. The van der Waals surface area contributed by atoms with Gasteiger partial charge in [0.05, 0.1) is 5.41 Å². The molecular weight excluding hydrogens is 354 g/mol. The smallest absolute Gasteiger partial charge is 0.311 e. The topological polar surface area (TPSA) is 81.7 Å². The third kappa shape index (κ3) is 3.67. The molecule has 1 aliphatic carbocycles. The number of piperidine rings is 1. The highest BCUT2D eigenvalue weighted by molar-refractivity contribution is 5.84. The quantitative estimate of drug-likeness (QED) is 0.740. The Balaban J connectivity index is 1.50. The number of carbonyl (C=O) groups is 2. The number of aliphatic carboxylic acids is 1. The first-order valence-electron chi connectivity index (χ1n) is 10.6. The first kappa shape index (κ1) is 19.4. The number of carbonyl (C=O) groups excluding carboxylic acids is 1. The average Bonchev–Trinajstić information content (AvgIpc) is 3.11. The van der Waals surface area contributed by atoms with Crippen molar-refractivity contribution in [3.63, 3.8) is 0 Å². The Bertz CT molecular complexity index is 725. The normalized spacial score (nSPS) is 35.4. The van der Waals surface area contributed by atoms with E-state index in [2.05, 4.69) is 17.8 Å². The minimum atomic E-state index is -0.902. The Kier molecular flexibility index (Phi) is 5.43. The highest BCUT2D eigenvalue weighted by Crippen LogP contribution is 2.37. The highest BCUT2D eigenvalue weighted by atomic mass is 16.4. The minimum Gasteiger partial charge on any atom is -0.481 e. The number of benzene rings is 1. The van der Waals surface area contributed by atoms with Crippen LogP contribution in [0.5, 0.6) is 0 Å². The summed E-state index contributed by atoms with van der Waals surface area (Å²) >= 11 is 0. The van der Waals surface area contributed by atoms with Crippen LogP contribution in [0.25, 0.3) is 0 Å². The summed E-state index contributed by atoms with van der Waals surface area (Å²) in [7, 11) is 0. The van der Waals surface area contributed by atoms with Crippen molar-refractivity contribution >= 4 is 11.9 Å². The van der Waals surface area contributed by atoms with Crippen LogP contribution in [-0.4, -0.2) is 47.1 Å². The van der Waals surface area contributed by atoms with Crippen molar-refractivity contribution < 1.29 is 14.7 Å². The van der Waals surface area contributed by atoms with Crippen LogP contribution < -0.4 is 10.9 Å². The van der Waals surface area contributed by atoms with Crippen molar-refractivity contribution in [3.05, 3.63) is 35.9 Å². The van der Waals surface area contributed by atoms with Gasteiger partial charge in [0.15, 0.2) is 0 Å². The van der Waals surface area contributed by atoms with Crippen LogP contribution >= 0.6 is 0 Å². The SMILES string of the molecule is CC1CCC2NNC(C(=O)N3CCCC(Cc4ccccc4)(C(=O)O)C3)C2C1. The van der Waals surface area contributed by atoms with E-state index in [9.17, 15) is 14.7 Å². The number of rotatable bonds is 4. The molecule has 0 aromatic heterocycles. The molecule has 4 rings (SSSR count). The van der Waals surface area contributed by atoms with Crippen molar-refractivity contribution in [1.29, 1.82) is 0 Å². The van der Waals surface area contributed by atoms with Gasteiger partial charge in [-0.15, -0.1) is 0 Å². The fourth-order valence-electron chi connectivity index (χ4n) is 5.42. The summed E-state index contributed by atoms with van der Waals surface area (Å²) < 4.78 is 0. The lowest BCUT2D eigenvalue weighted by molar-refractivity contribution is -0.155. The van der Waals surface area contributed by atoms with Gasteiger partial charge < -0.3 is 10.0 Å². The highest BCUT2D eigenvalue weighted by Gasteiger charge is 2.48. The summed E-state index contributed by atoms with van der Waals surface area (Å²) in [5, 5.41) is 10.1. The van der Waals surface area contributed by atoms with E-state index in [1.807, 2.05) is 35.2 Å². The van der Waals surface area contributed by atoms with Gasteiger partial charge in [-0.2, -0.15) is 0 Å². The van der Waals surface area contributed by atoms with Crippen LogP contribution in [0.15, 0.2) is 30.3 Å². The molecule has 6 heteroatoms. The lowest BCUT2D eigenvalue weighted by atomic mass is 9.74. The molecule has 1 aromatic carbocycles. The van der Waals surface area contributed by atoms with Crippen LogP contribution in [0.3, 0.4) is 0 Å². The predicted molar refractivity (Wildman–Crippen MR) is 106 cm³/mol. The van der Waals surface area contributed by atoms with Gasteiger partial charge in [0.1, 0.15) is 6.04 Å². The molecule has 3 aliphatic rings. The van der Waals surface area contributed by atoms with E-state index in [1.165, 1.54) is 6.42 Å². The maximum Gasteiger partial charge on any atom is 0.311 e. The van der Waals surface area contributed by atoms with Gasteiger partial charge in [0.2, 0.25) is 5.91 Å². The summed E-state index contributed by atoms with van der Waals surface area (Å²) in [6.45, 7) is 3.20. The molecule has 152 valence electrons. The van der Waals surface area contributed by atoms with Gasteiger partial charge in [-0.05, 0) is 50.0 Å². The molecule has 0 radical (unpaired) electrons. The second-order valence-electron chi connectivity index (χ2n) is 9.07. The van der Waals surface area contributed by atoms with Crippen LogP contribution in [0.4, 0.5) is 0 Å². The zero-order chi connectivity index (χ0) is 19.7. The van der Waals surface area contributed by atoms with Gasteiger partial charge >= 0.3 is 5.97 Å². The van der Waals surface area contributed by atoms with E-state index in [1.54, 1.807) is 0 Å². The number of nitrogens with one attached hydrogen (secondary N) is 2. The first-order valence-corrected chi connectivity index (χ1v) is 10.6. The Morgan fingerprint density at radius 1 is 1.21 bits per heavy atom. The molecule has 1 aromatic rings. The predicted octanol–water partition coefficient (Wildman–Crippen LogP) is 2.20. The maximum absolute atomic E-state index is 13.4. The average molecular weight is 386 g/mol. The van der Waals surface area contributed by atoms with Crippen molar-refractivity contribution in [2.75, 3.05) is 13.1 Å². The Morgan fingerprint density at radius 3 is 2.75 bits per heavy atom. The van der Waals surface area contributed by atoms with Crippen LogP contribution in [-0.2, 0) is 16.0 Å². The van der Waals surface area contributed by atoms with E-state index in [0.29, 0.717) is 43.8 Å². The molecule has 5 atom stereocenters. The number of carboxylic acids is 1. The number of hydrogen-bond donors (Lipinski definition) is 3. The Morgan fingerprint density at radius 2 is 2.00 bits per heavy atom. The van der Waals surface area contributed by atoms with Gasteiger partial charge in [-0.25, -0.2) is 5.43 Å². The molecule has 1 saturated carbocycles. The van der Waals surface area contributed by atoms with E-state index in [0.717, 1.165) is 24.8 Å². The zero-order valence-electron chi connectivity index (χ0n) is 16.6. The number of amides is 1. The largest absolute Gasteiger partial charge is 0.481 e. The molecule has 2 aliphatic heterocycles. The van der Waals surface area contributed by atoms with E-state index in [-0.39, 0.29) is 11.9 Å². The van der Waals surface area contributed by atoms with Crippen molar-refractivity contribution in [3.8, 4) is 0 Å². The fraction of sp³-hybridized carbons (Fsp3) is 0.636. The molecule has 0 bridgehead atoms. The van der Waals surface area contributed by atoms with Crippen LogP contribution in [0.1, 0.15) is 44.6 Å². The van der Waals surface area contributed by atoms with E-state index in [4.69, 9.17) is 0 Å². The number of carboxylic acid groups (broad SMARTS) is 1. The van der Waals surface area contributed by atoms with E-state index >= 15 is 0 Å². The second-order valence-corrected chi connectivity index (χ2v) is 9.07. The lowest BCUT2D eigenvalue weighted by Gasteiger charge is -2.42. The monoisotopic (exact) mass is 385 g/mol. The minimum absolute atomic E-state index is 0.0625. The fourth-order valence-corrected chi connectivity index (χ4v) is 5.42. The number of nitrogens with zero attached hydrogens (tertiary/aromatic N) is 1. The summed E-state index contributed by atoms with van der Waals surface area (Å²) in [5.74, 6) is 0.199. The first-order chi connectivity index (χ1) is 13.5. The standard InChI is InChI=1S/C22H31N3O3/c1-15-8-9-18-17(12-15)19(24-23-18)20(26)25-11-5-10-22(14-25,21(27)28)13-16-6-3-2-4-7-16/h2-4,6-7,15,17-19,23-24H,5,8-14H2,1H3,(H,27,28). The lowest BCUT2D eigenvalue weighted by Crippen LogP contribution is -2.56. The Labute approximate surface area is 166 Å². The third-order valence-corrected chi connectivity index (χ3v) is 7.01. The van der Waals surface area contributed by atoms with Crippen molar-refractivity contribution in [1.82, 2.24) is 15.8 Å². The molecule has 3 N–H and O–H groups in total. The summed E-state index contributed by atoms with van der Waals surface area (Å²) in [4.78, 5) is 27.4. The molecule has 28 heavy (non-hydrogen) atoms. The van der Waals surface area contributed by atoms with E-state index < -0.39 is 11.4 Å². The number of hydrogen-bond acceptors (Lipinski definition) is 4. The summed E-state index contributed by atoms with van der Waals surface area (Å²) in [5.41, 5.74) is 6.67. The number of likely N-dealkylation sites (tertiary alicyclic amines) is 1. The van der Waals surface area contributed by atoms with Gasteiger partial charge in [-0.1, -0.05) is 37.3 Å². The molecule has 2 heterocycles. The van der Waals surface area contributed by atoms with Crippen LogP contribution in [0, 0.1) is 17.3 Å². The third-order valence-electron chi connectivity index (χ3n) is 7.01. The van der Waals surface area contributed by atoms with Crippen LogP contribution in [0.2, 0.25) is 0 Å². The molecule has 6 nitrogen and oxygen atoms in total. The summed E-state index contributed by atoms with van der Waals surface area (Å²) in [6.07, 6.45) is 5.14. The summed E-state index contributed by atoms with van der Waals surface area (Å²) in [6, 6.07) is 9.87. The van der Waals surface area contributed by atoms with Gasteiger partial charge in [0, 0.05) is 25.0 Å². The zero-order valence-corrected chi connectivity index (χ0v) is 16.6.